The van der Waals surface area contributed by atoms with E-state index in [0.29, 0.717) is 0 Å². The lowest BCUT2D eigenvalue weighted by atomic mass is 10.2. The summed E-state index contributed by atoms with van der Waals surface area (Å²) in [6.07, 6.45) is 5.68. The van der Waals surface area contributed by atoms with Crippen LogP contribution in [0, 0.1) is 0 Å². The summed E-state index contributed by atoms with van der Waals surface area (Å²) in [4.78, 5) is 0. The molecule has 0 amide bonds. The number of para-hydroxylation sites is 1. The molecule has 14 heavy (non-hydrogen) atoms. The summed E-state index contributed by atoms with van der Waals surface area (Å²) in [7, 11) is 0. The molecule has 0 saturated heterocycles. The molecule has 0 unspecified atom stereocenters. The zero-order valence-corrected chi connectivity index (χ0v) is 8.76. The van der Waals surface area contributed by atoms with Gasteiger partial charge in [0.25, 0.3) is 0 Å². The van der Waals surface area contributed by atoms with E-state index in [1.807, 2.05) is 36.4 Å². The van der Waals surface area contributed by atoms with Gasteiger partial charge in [0.15, 0.2) is 0 Å². The quantitative estimate of drug-likeness (QED) is 0.672. The van der Waals surface area contributed by atoms with Crippen molar-refractivity contribution in [3.05, 3.63) is 35.9 Å². The first kappa shape index (κ1) is 11.0. The molecule has 0 fully saturated rings. The van der Waals surface area contributed by atoms with Gasteiger partial charge in [0.2, 0.25) is 0 Å². The molecule has 1 aliphatic rings. The van der Waals surface area contributed by atoms with E-state index >= 15 is 0 Å². The molecule has 0 aromatic heterocycles. The van der Waals surface area contributed by atoms with E-state index in [1.165, 1.54) is 5.56 Å². The largest absolute Gasteiger partial charge is 0.278 e. The maximum absolute atomic E-state index is 4.51. The second kappa shape index (κ2) is 6.43. The molecule has 1 aromatic carbocycles. The number of hydrazone groups is 1. The van der Waals surface area contributed by atoms with Gasteiger partial charge >= 0.3 is 0 Å². The molecule has 0 aliphatic carbocycles. The van der Waals surface area contributed by atoms with Gasteiger partial charge in [0.1, 0.15) is 0 Å². The van der Waals surface area contributed by atoms with Crippen molar-refractivity contribution in [1.82, 2.24) is 4.35 Å². The Labute approximate surface area is 92.6 Å². The lowest BCUT2D eigenvalue weighted by molar-refractivity contribution is 1.36. The maximum atomic E-state index is 4.51. The Kier molecular flexibility index (Phi) is 5.07. The number of hydrogen-bond donors (Lipinski definition) is 2. The second-order valence-corrected chi connectivity index (χ2v) is 2.98. The van der Waals surface area contributed by atoms with Crippen LogP contribution in [0.3, 0.4) is 0 Å². The van der Waals surface area contributed by atoms with E-state index in [0.717, 1.165) is 5.69 Å². The molecule has 1 aromatic rings. The van der Waals surface area contributed by atoms with Crippen molar-refractivity contribution in [3.63, 3.8) is 0 Å². The number of anilines is 1. The molecule has 1 heterocycles. The smallest absolute Gasteiger partial charge is 0.0634 e. The molecule has 0 radical (unpaired) electrons. The number of rotatable bonds is 0. The predicted molar refractivity (Wildman–Crippen MR) is 62.4 cm³/mol. The monoisotopic (exact) mass is 229 g/mol. The van der Waals surface area contributed by atoms with Crippen molar-refractivity contribution in [2.45, 2.75) is 0 Å². The van der Waals surface area contributed by atoms with Gasteiger partial charge in [-0.1, -0.05) is 24.3 Å². The average Bonchev–Trinajstić information content (AvgIpc) is 2.43. The minimum Gasteiger partial charge on any atom is -0.278 e. The Morgan fingerprint density at radius 3 is 2.71 bits per heavy atom. The number of allylic oxidation sites excluding steroid dienone is 1. The highest BCUT2D eigenvalue weighted by Gasteiger charge is 1.96. The highest BCUT2D eigenvalue weighted by atomic mass is 35.5. The van der Waals surface area contributed by atoms with Crippen LogP contribution in [-0.2, 0) is 0 Å². The summed E-state index contributed by atoms with van der Waals surface area (Å²) >= 11 is 9.03. The van der Waals surface area contributed by atoms with Gasteiger partial charge in [-0.3, -0.25) is 5.43 Å². The lowest BCUT2D eigenvalue weighted by Gasteiger charge is -2.00. The Morgan fingerprint density at radius 1 is 1.21 bits per heavy atom. The number of hydrogen-bond acceptors (Lipinski definition) is 3. The zero-order chi connectivity index (χ0) is 10.2. The molecular formula is C9H9Cl2N3. The van der Waals surface area contributed by atoms with Gasteiger partial charge in [-0.15, -0.1) is 4.35 Å². The maximum Gasteiger partial charge on any atom is 0.0634 e. The van der Waals surface area contributed by atoms with Gasteiger partial charge in [0.05, 0.1) is 5.69 Å². The van der Waals surface area contributed by atoms with Crippen LogP contribution < -0.4 is 9.78 Å². The van der Waals surface area contributed by atoms with Crippen LogP contribution in [0.1, 0.15) is 5.56 Å². The summed E-state index contributed by atoms with van der Waals surface area (Å²) in [6, 6.07) is 8.05. The Hall–Kier alpha value is -1.03. The SMILES string of the molecule is C1=Cc2ccccc2NN=C1.ClNCl. The van der Waals surface area contributed by atoms with Gasteiger partial charge in [-0.05, 0) is 41.3 Å². The van der Waals surface area contributed by atoms with Crippen molar-refractivity contribution in [2.24, 2.45) is 5.10 Å². The van der Waals surface area contributed by atoms with Crippen LogP contribution in [-0.4, -0.2) is 6.21 Å². The van der Waals surface area contributed by atoms with Crippen LogP contribution in [0.2, 0.25) is 0 Å². The van der Waals surface area contributed by atoms with Crippen LogP contribution in [0.15, 0.2) is 35.4 Å². The van der Waals surface area contributed by atoms with Crippen LogP contribution in [0.4, 0.5) is 5.69 Å². The summed E-state index contributed by atoms with van der Waals surface area (Å²) in [6.45, 7) is 0. The van der Waals surface area contributed by atoms with E-state index in [1.54, 1.807) is 10.6 Å². The first-order valence-electron chi connectivity index (χ1n) is 3.89. The van der Waals surface area contributed by atoms with E-state index in [-0.39, 0.29) is 0 Å². The number of benzene rings is 1. The highest BCUT2D eigenvalue weighted by Crippen LogP contribution is 2.17. The van der Waals surface area contributed by atoms with E-state index in [4.69, 9.17) is 0 Å². The number of fused-ring (bicyclic) bond motifs is 1. The third-order valence-corrected chi connectivity index (χ3v) is 1.58. The van der Waals surface area contributed by atoms with Crippen molar-refractivity contribution in [1.29, 1.82) is 0 Å². The Morgan fingerprint density at radius 2 is 1.93 bits per heavy atom. The minimum absolute atomic E-state index is 1.05. The lowest BCUT2D eigenvalue weighted by Crippen LogP contribution is -1.87. The fourth-order valence-electron chi connectivity index (χ4n) is 1.04. The summed E-state index contributed by atoms with van der Waals surface area (Å²) in [5.41, 5.74) is 5.16. The first-order chi connectivity index (χ1) is 6.88. The van der Waals surface area contributed by atoms with Crippen LogP contribution >= 0.6 is 23.6 Å². The fraction of sp³-hybridized carbons (Fsp3) is 0. The summed E-state index contributed by atoms with van der Waals surface area (Å²) < 4.78 is 1.69. The molecule has 0 saturated carbocycles. The molecule has 5 heteroatoms. The second-order valence-electron chi connectivity index (χ2n) is 2.41. The molecule has 0 spiro atoms. The fourth-order valence-corrected chi connectivity index (χ4v) is 1.04. The van der Waals surface area contributed by atoms with Crippen molar-refractivity contribution >= 4 is 41.5 Å². The van der Waals surface area contributed by atoms with Gasteiger partial charge in [0, 0.05) is 6.21 Å². The summed E-state index contributed by atoms with van der Waals surface area (Å²) in [5, 5.41) is 3.95. The van der Waals surface area contributed by atoms with Gasteiger partial charge < -0.3 is 0 Å². The normalized spacial score (nSPS) is 11.9. The third-order valence-electron chi connectivity index (χ3n) is 1.58. The van der Waals surface area contributed by atoms with Crippen LogP contribution in [0.25, 0.3) is 6.08 Å². The van der Waals surface area contributed by atoms with Gasteiger partial charge in [-0.25, -0.2) is 0 Å². The predicted octanol–water partition coefficient (Wildman–Crippen LogP) is 2.99. The molecule has 74 valence electrons. The minimum atomic E-state index is 1.05. The molecular weight excluding hydrogens is 221 g/mol. The topological polar surface area (TPSA) is 36.4 Å². The van der Waals surface area contributed by atoms with Crippen molar-refractivity contribution in [2.75, 3.05) is 5.43 Å². The number of halogens is 2. The van der Waals surface area contributed by atoms with Crippen molar-refractivity contribution in [3.8, 4) is 0 Å². The Bertz CT molecular complexity index is 337. The molecule has 1 aliphatic heterocycles. The number of nitrogens with zero attached hydrogens (tertiary/aromatic N) is 1. The Balaban J connectivity index is 0.000000293. The van der Waals surface area contributed by atoms with E-state index < -0.39 is 0 Å². The number of nitrogens with one attached hydrogen (secondary N) is 2. The molecule has 0 atom stereocenters. The molecule has 2 N–H and O–H groups in total. The zero-order valence-electron chi connectivity index (χ0n) is 7.24. The molecule has 2 rings (SSSR count). The standard InChI is InChI=1S/C9H8N2.Cl2HN/c1-2-6-9-8(4-1)5-3-7-10-11-9;1-3-2/h1-7,11H;3H. The highest BCUT2D eigenvalue weighted by molar-refractivity contribution is 6.33. The van der Waals surface area contributed by atoms with E-state index in [9.17, 15) is 0 Å². The van der Waals surface area contributed by atoms with Gasteiger partial charge in [-0.2, -0.15) is 5.10 Å². The first-order valence-corrected chi connectivity index (χ1v) is 4.65. The van der Waals surface area contributed by atoms with Crippen molar-refractivity contribution < 1.29 is 0 Å². The van der Waals surface area contributed by atoms with E-state index in [2.05, 4.69) is 34.1 Å². The van der Waals surface area contributed by atoms with Crippen LogP contribution in [0.5, 0.6) is 0 Å². The molecule has 0 bridgehead atoms. The average molecular weight is 230 g/mol. The summed E-state index contributed by atoms with van der Waals surface area (Å²) in [5.74, 6) is 0. The molecule has 3 nitrogen and oxygen atoms in total. The third kappa shape index (κ3) is 3.38.